The number of carboxylic acid groups (broad SMARTS) is 1. The standard InChI is InChI=1S/C19H24N2O6S2/c1-4-21(5-2)29(25,26)17-11-13(8-9-15(17)27-3)19(24)20-14(12-18(22)23)16-7-6-10-28-16/h6-11,14H,4-5,12H2,1-3H3,(H,20,24)(H,22,23). The highest BCUT2D eigenvalue weighted by atomic mass is 32.2. The first-order valence-corrected chi connectivity index (χ1v) is 11.3. The van der Waals surface area contributed by atoms with Gasteiger partial charge in [-0.3, -0.25) is 9.59 Å². The van der Waals surface area contributed by atoms with Crippen LogP contribution in [0.5, 0.6) is 5.75 Å². The van der Waals surface area contributed by atoms with Crippen molar-refractivity contribution in [3.8, 4) is 5.75 Å². The summed E-state index contributed by atoms with van der Waals surface area (Å²) in [7, 11) is -2.50. The molecule has 1 atom stereocenters. The van der Waals surface area contributed by atoms with Gasteiger partial charge >= 0.3 is 5.97 Å². The molecule has 2 aromatic rings. The van der Waals surface area contributed by atoms with E-state index in [4.69, 9.17) is 9.84 Å². The number of nitrogens with zero attached hydrogens (tertiary/aromatic N) is 1. The molecule has 10 heteroatoms. The summed E-state index contributed by atoms with van der Waals surface area (Å²) in [5.41, 5.74) is 0.100. The summed E-state index contributed by atoms with van der Waals surface area (Å²) in [6.07, 6.45) is -0.285. The van der Waals surface area contributed by atoms with Crippen LogP contribution < -0.4 is 10.1 Å². The van der Waals surface area contributed by atoms with Crippen LogP contribution in [0, 0.1) is 0 Å². The van der Waals surface area contributed by atoms with Gasteiger partial charge in [-0.15, -0.1) is 11.3 Å². The molecule has 1 amide bonds. The molecular formula is C19H24N2O6S2. The topological polar surface area (TPSA) is 113 Å². The zero-order valence-electron chi connectivity index (χ0n) is 16.4. The maximum atomic E-state index is 12.9. The molecule has 1 aromatic heterocycles. The number of carbonyl (C=O) groups excluding carboxylic acids is 1. The van der Waals surface area contributed by atoms with Crippen molar-refractivity contribution in [3.05, 3.63) is 46.2 Å². The summed E-state index contributed by atoms with van der Waals surface area (Å²) in [5, 5.41) is 13.6. The summed E-state index contributed by atoms with van der Waals surface area (Å²) >= 11 is 1.33. The number of ether oxygens (including phenoxy) is 1. The number of thiophene rings is 1. The first-order valence-electron chi connectivity index (χ1n) is 8.98. The smallest absolute Gasteiger partial charge is 0.305 e. The third-order valence-electron chi connectivity index (χ3n) is 4.32. The molecule has 0 saturated carbocycles. The molecule has 1 aromatic carbocycles. The highest BCUT2D eigenvalue weighted by Gasteiger charge is 2.27. The molecular weight excluding hydrogens is 416 g/mol. The van der Waals surface area contributed by atoms with Gasteiger partial charge in [0.15, 0.2) is 0 Å². The number of aliphatic carboxylic acids is 1. The second-order valence-corrected chi connectivity index (χ2v) is 8.98. The molecule has 158 valence electrons. The van der Waals surface area contributed by atoms with Gasteiger partial charge in [0, 0.05) is 23.5 Å². The van der Waals surface area contributed by atoms with E-state index in [1.165, 1.54) is 41.0 Å². The lowest BCUT2D eigenvalue weighted by atomic mass is 10.1. The average molecular weight is 441 g/mol. The minimum absolute atomic E-state index is 0.100. The predicted octanol–water partition coefficient (Wildman–Crippen LogP) is 2.73. The van der Waals surface area contributed by atoms with E-state index in [1.54, 1.807) is 31.4 Å². The maximum Gasteiger partial charge on any atom is 0.305 e. The zero-order chi connectivity index (χ0) is 21.6. The highest BCUT2D eigenvalue weighted by Crippen LogP contribution is 2.29. The number of carbonyl (C=O) groups is 2. The Morgan fingerprint density at radius 2 is 1.93 bits per heavy atom. The number of amides is 1. The van der Waals surface area contributed by atoms with Crippen LogP contribution in [-0.4, -0.2) is 49.9 Å². The Balaban J connectivity index is 2.39. The molecule has 1 unspecified atom stereocenters. The van der Waals surface area contributed by atoms with Crippen molar-refractivity contribution in [2.75, 3.05) is 20.2 Å². The fourth-order valence-electron chi connectivity index (χ4n) is 2.85. The number of nitrogens with one attached hydrogen (secondary N) is 1. The van der Waals surface area contributed by atoms with Crippen molar-refractivity contribution in [1.82, 2.24) is 9.62 Å². The maximum absolute atomic E-state index is 12.9. The Kier molecular flexibility index (Phi) is 7.77. The Labute approximate surface area is 174 Å². The second-order valence-electron chi connectivity index (χ2n) is 6.09. The second kappa shape index (κ2) is 9.86. The van der Waals surface area contributed by atoms with E-state index in [1.807, 2.05) is 0 Å². The van der Waals surface area contributed by atoms with Gasteiger partial charge in [-0.25, -0.2) is 8.42 Å². The lowest BCUT2D eigenvalue weighted by Crippen LogP contribution is -2.32. The molecule has 2 N–H and O–H groups in total. The van der Waals surface area contributed by atoms with Gasteiger partial charge in [0.1, 0.15) is 10.6 Å². The predicted molar refractivity (Wildman–Crippen MR) is 110 cm³/mol. The molecule has 0 saturated heterocycles. The quantitative estimate of drug-likeness (QED) is 0.587. The minimum Gasteiger partial charge on any atom is -0.495 e. The summed E-state index contributed by atoms with van der Waals surface area (Å²) in [5.74, 6) is -1.49. The Hall–Kier alpha value is -2.43. The number of rotatable bonds is 10. The number of hydrogen-bond donors (Lipinski definition) is 2. The molecule has 0 bridgehead atoms. The van der Waals surface area contributed by atoms with Gasteiger partial charge in [-0.05, 0) is 29.6 Å². The summed E-state index contributed by atoms with van der Waals surface area (Å²) in [4.78, 5) is 24.5. The number of hydrogen-bond acceptors (Lipinski definition) is 6. The minimum atomic E-state index is -3.85. The van der Waals surface area contributed by atoms with Crippen molar-refractivity contribution in [3.63, 3.8) is 0 Å². The van der Waals surface area contributed by atoms with E-state index in [0.29, 0.717) is 4.88 Å². The number of carboxylic acids is 1. The molecule has 0 fully saturated rings. The third-order valence-corrected chi connectivity index (χ3v) is 7.38. The Morgan fingerprint density at radius 1 is 1.24 bits per heavy atom. The summed E-state index contributed by atoms with van der Waals surface area (Å²) in [6, 6.07) is 6.91. The Morgan fingerprint density at radius 3 is 2.45 bits per heavy atom. The van der Waals surface area contributed by atoms with E-state index >= 15 is 0 Å². The molecule has 0 radical (unpaired) electrons. The molecule has 29 heavy (non-hydrogen) atoms. The van der Waals surface area contributed by atoms with E-state index in [2.05, 4.69) is 5.32 Å². The lowest BCUT2D eigenvalue weighted by Gasteiger charge is -2.21. The van der Waals surface area contributed by atoms with Crippen molar-refractivity contribution < 1.29 is 27.9 Å². The normalized spacial score (nSPS) is 12.6. The van der Waals surface area contributed by atoms with Gasteiger partial charge in [0.2, 0.25) is 10.0 Å². The summed E-state index contributed by atoms with van der Waals surface area (Å²) < 4.78 is 32.3. The molecule has 0 aliphatic heterocycles. The van der Waals surface area contributed by atoms with Crippen LogP contribution in [-0.2, 0) is 14.8 Å². The van der Waals surface area contributed by atoms with Crippen LogP contribution in [0.4, 0.5) is 0 Å². The highest BCUT2D eigenvalue weighted by molar-refractivity contribution is 7.89. The molecule has 8 nitrogen and oxygen atoms in total. The third kappa shape index (κ3) is 5.34. The van der Waals surface area contributed by atoms with Crippen LogP contribution in [0.3, 0.4) is 0 Å². The number of benzene rings is 1. The largest absolute Gasteiger partial charge is 0.495 e. The first-order chi connectivity index (χ1) is 13.7. The number of methoxy groups -OCH3 is 1. The van der Waals surface area contributed by atoms with Gasteiger partial charge in [0.05, 0.1) is 19.6 Å². The first kappa shape index (κ1) is 22.9. The van der Waals surface area contributed by atoms with Gasteiger partial charge in [-0.1, -0.05) is 19.9 Å². The van der Waals surface area contributed by atoms with Gasteiger partial charge in [-0.2, -0.15) is 4.31 Å². The molecule has 1 heterocycles. The average Bonchev–Trinajstić information content (AvgIpc) is 3.22. The monoisotopic (exact) mass is 440 g/mol. The van der Waals surface area contributed by atoms with Crippen molar-refractivity contribution in [2.45, 2.75) is 31.2 Å². The van der Waals surface area contributed by atoms with Gasteiger partial charge in [0.25, 0.3) is 5.91 Å². The van der Waals surface area contributed by atoms with E-state index in [-0.39, 0.29) is 35.7 Å². The lowest BCUT2D eigenvalue weighted by molar-refractivity contribution is -0.137. The van der Waals surface area contributed by atoms with Crippen molar-refractivity contribution in [2.24, 2.45) is 0 Å². The fraction of sp³-hybridized carbons (Fsp3) is 0.368. The molecule has 0 aliphatic rings. The number of sulfonamides is 1. The zero-order valence-corrected chi connectivity index (χ0v) is 18.0. The van der Waals surface area contributed by atoms with Crippen molar-refractivity contribution >= 4 is 33.2 Å². The van der Waals surface area contributed by atoms with Crippen molar-refractivity contribution in [1.29, 1.82) is 0 Å². The van der Waals surface area contributed by atoms with E-state index in [0.717, 1.165) is 0 Å². The SMILES string of the molecule is CCN(CC)S(=O)(=O)c1cc(C(=O)NC(CC(=O)O)c2cccs2)ccc1OC. The van der Waals surface area contributed by atoms with Gasteiger partial charge < -0.3 is 15.2 Å². The van der Waals surface area contributed by atoms with Crippen LogP contribution in [0.1, 0.15) is 41.5 Å². The fourth-order valence-corrected chi connectivity index (χ4v) is 5.27. The molecule has 2 rings (SSSR count). The molecule has 0 spiro atoms. The van der Waals surface area contributed by atoms with Crippen LogP contribution in [0.2, 0.25) is 0 Å². The Bertz CT molecular complexity index is 953. The van der Waals surface area contributed by atoms with E-state index < -0.39 is 27.9 Å². The van der Waals surface area contributed by atoms with Crippen LogP contribution in [0.25, 0.3) is 0 Å². The van der Waals surface area contributed by atoms with Crippen LogP contribution in [0.15, 0.2) is 40.6 Å². The molecule has 0 aliphatic carbocycles. The van der Waals surface area contributed by atoms with E-state index in [9.17, 15) is 18.0 Å². The van der Waals surface area contributed by atoms with Crippen LogP contribution >= 0.6 is 11.3 Å². The summed E-state index contributed by atoms with van der Waals surface area (Å²) in [6.45, 7) is 4.00.